The summed E-state index contributed by atoms with van der Waals surface area (Å²) in [6.07, 6.45) is 3.52. The van der Waals surface area contributed by atoms with Crippen LogP contribution in [0.3, 0.4) is 0 Å². The van der Waals surface area contributed by atoms with E-state index in [1.807, 2.05) is 0 Å². The van der Waals surface area contributed by atoms with Crippen LogP contribution in [-0.2, 0) is 16.6 Å². The Labute approximate surface area is 129 Å². The third kappa shape index (κ3) is 3.74. The fourth-order valence-corrected chi connectivity index (χ4v) is 3.23. The van der Waals surface area contributed by atoms with Crippen molar-refractivity contribution in [3.63, 3.8) is 0 Å². The first kappa shape index (κ1) is 16.2. The minimum absolute atomic E-state index is 0.0893. The van der Waals surface area contributed by atoms with Crippen molar-refractivity contribution in [3.8, 4) is 0 Å². The van der Waals surface area contributed by atoms with Crippen LogP contribution < -0.4 is 5.32 Å². The minimum atomic E-state index is -0.0893. The average molecular weight is 287 g/mol. The number of rotatable bonds is 4. The van der Waals surface area contributed by atoms with Crippen molar-refractivity contribution in [2.75, 3.05) is 13.1 Å². The molecule has 1 aliphatic rings. The van der Waals surface area contributed by atoms with Gasteiger partial charge in [-0.2, -0.15) is 0 Å². The number of carbonyl (C=O) groups excluding carboxylic acids is 1. The van der Waals surface area contributed by atoms with E-state index in [0.29, 0.717) is 12.2 Å². The molecule has 1 aliphatic heterocycles. The number of hydrogen-bond donors (Lipinski definition) is 1. The first-order chi connectivity index (χ1) is 9.87. The largest absolute Gasteiger partial charge is 0.317 e. The van der Waals surface area contributed by atoms with Crippen molar-refractivity contribution in [1.29, 1.82) is 0 Å². The van der Waals surface area contributed by atoms with Gasteiger partial charge in [0, 0.05) is 11.8 Å². The predicted molar refractivity (Wildman–Crippen MR) is 88.7 cm³/mol. The van der Waals surface area contributed by atoms with Crippen molar-refractivity contribution in [2.45, 2.75) is 58.8 Å². The van der Waals surface area contributed by atoms with E-state index in [1.54, 1.807) is 0 Å². The zero-order valence-corrected chi connectivity index (χ0v) is 14.0. The normalized spacial score (nSPS) is 18.5. The van der Waals surface area contributed by atoms with Gasteiger partial charge in [0.1, 0.15) is 5.78 Å². The summed E-state index contributed by atoms with van der Waals surface area (Å²) in [5, 5.41) is 3.36. The molecule has 1 heterocycles. The van der Waals surface area contributed by atoms with Crippen LogP contribution in [0.15, 0.2) is 24.3 Å². The maximum absolute atomic E-state index is 12.8. The average Bonchev–Trinajstić information content (AvgIpc) is 2.47. The van der Waals surface area contributed by atoms with Gasteiger partial charge in [0.05, 0.1) is 0 Å². The van der Waals surface area contributed by atoms with Gasteiger partial charge in [0.25, 0.3) is 0 Å². The molecule has 0 bridgehead atoms. The fourth-order valence-electron chi connectivity index (χ4n) is 3.23. The standard InChI is InChI=1S/C19H29NO/c1-5-19(10-12-20-13-11-19)17(21)14-15-6-8-16(9-7-15)18(2,3)4/h6-9,20H,5,10-14H2,1-4H3. The molecule has 2 rings (SSSR count). The first-order valence-corrected chi connectivity index (χ1v) is 8.21. The lowest BCUT2D eigenvalue weighted by molar-refractivity contribution is -0.129. The Morgan fingerprint density at radius 2 is 1.71 bits per heavy atom. The van der Waals surface area contributed by atoms with E-state index in [9.17, 15) is 4.79 Å². The van der Waals surface area contributed by atoms with Crippen LogP contribution in [0.2, 0.25) is 0 Å². The van der Waals surface area contributed by atoms with E-state index in [1.165, 1.54) is 5.56 Å². The van der Waals surface area contributed by atoms with Crippen molar-refractivity contribution >= 4 is 5.78 Å². The third-order valence-electron chi connectivity index (χ3n) is 5.01. The van der Waals surface area contributed by atoms with Gasteiger partial charge in [-0.15, -0.1) is 0 Å². The zero-order valence-electron chi connectivity index (χ0n) is 14.0. The summed E-state index contributed by atoms with van der Waals surface area (Å²) in [7, 11) is 0. The number of hydrogen-bond acceptors (Lipinski definition) is 2. The molecule has 0 spiro atoms. The molecule has 1 saturated heterocycles. The van der Waals surface area contributed by atoms with Gasteiger partial charge in [-0.05, 0) is 48.9 Å². The molecule has 0 radical (unpaired) electrons. The number of nitrogens with one attached hydrogen (secondary N) is 1. The second kappa shape index (κ2) is 6.31. The molecule has 0 aromatic heterocycles. The molecule has 1 aromatic rings. The Bertz CT molecular complexity index is 475. The van der Waals surface area contributed by atoms with E-state index in [-0.39, 0.29) is 10.8 Å². The van der Waals surface area contributed by atoms with Gasteiger partial charge >= 0.3 is 0 Å². The van der Waals surface area contributed by atoms with Crippen LogP contribution in [0.5, 0.6) is 0 Å². The molecular weight excluding hydrogens is 258 g/mol. The van der Waals surface area contributed by atoms with Gasteiger partial charge in [-0.1, -0.05) is 52.0 Å². The van der Waals surface area contributed by atoms with Crippen LogP contribution in [0.1, 0.15) is 58.1 Å². The molecule has 0 atom stereocenters. The molecule has 1 N–H and O–H groups in total. The molecule has 0 aliphatic carbocycles. The zero-order chi connectivity index (χ0) is 15.5. The van der Waals surface area contributed by atoms with Crippen LogP contribution in [0.4, 0.5) is 0 Å². The lowest BCUT2D eigenvalue weighted by atomic mass is 9.71. The van der Waals surface area contributed by atoms with Gasteiger partial charge in [-0.25, -0.2) is 0 Å². The molecular formula is C19H29NO. The smallest absolute Gasteiger partial charge is 0.143 e. The summed E-state index contributed by atoms with van der Waals surface area (Å²) < 4.78 is 0. The molecule has 116 valence electrons. The Hall–Kier alpha value is -1.15. The molecule has 0 amide bonds. The van der Waals surface area contributed by atoms with Gasteiger partial charge in [0.2, 0.25) is 0 Å². The molecule has 0 saturated carbocycles. The van der Waals surface area contributed by atoms with Crippen molar-refractivity contribution in [1.82, 2.24) is 5.32 Å². The summed E-state index contributed by atoms with van der Waals surface area (Å²) in [5.74, 6) is 0.426. The highest BCUT2D eigenvalue weighted by atomic mass is 16.1. The number of ketones is 1. The number of Topliss-reactive ketones (excluding diaryl/α,β-unsaturated/α-hetero) is 1. The summed E-state index contributed by atoms with van der Waals surface area (Å²) in [6.45, 7) is 10.8. The third-order valence-corrected chi connectivity index (χ3v) is 5.01. The molecule has 0 unspecified atom stereocenters. The second-order valence-corrected chi connectivity index (χ2v) is 7.43. The summed E-state index contributed by atoms with van der Waals surface area (Å²) >= 11 is 0. The summed E-state index contributed by atoms with van der Waals surface area (Å²) in [4.78, 5) is 12.8. The van der Waals surface area contributed by atoms with Crippen LogP contribution in [-0.4, -0.2) is 18.9 Å². The van der Waals surface area contributed by atoms with E-state index in [4.69, 9.17) is 0 Å². The minimum Gasteiger partial charge on any atom is -0.317 e. The molecule has 2 nitrogen and oxygen atoms in total. The van der Waals surface area contributed by atoms with Crippen molar-refractivity contribution < 1.29 is 4.79 Å². The van der Waals surface area contributed by atoms with Gasteiger partial charge < -0.3 is 5.32 Å². The number of benzene rings is 1. The van der Waals surface area contributed by atoms with Crippen molar-refractivity contribution in [3.05, 3.63) is 35.4 Å². The maximum atomic E-state index is 12.8. The lowest BCUT2D eigenvalue weighted by Gasteiger charge is -2.35. The first-order valence-electron chi connectivity index (χ1n) is 8.21. The summed E-state index contributed by atoms with van der Waals surface area (Å²) in [6, 6.07) is 8.60. The highest BCUT2D eigenvalue weighted by Gasteiger charge is 2.36. The van der Waals surface area contributed by atoms with Crippen LogP contribution >= 0.6 is 0 Å². The van der Waals surface area contributed by atoms with Crippen LogP contribution in [0, 0.1) is 5.41 Å². The maximum Gasteiger partial charge on any atom is 0.143 e. The van der Waals surface area contributed by atoms with Gasteiger partial charge in [-0.3, -0.25) is 4.79 Å². The van der Waals surface area contributed by atoms with Crippen molar-refractivity contribution in [2.24, 2.45) is 5.41 Å². The Kier molecular flexibility index (Phi) is 4.88. The highest BCUT2D eigenvalue weighted by Crippen LogP contribution is 2.34. The van der Waals surface area contributed by atoms with E-state index in [0.717, 1.165) is 37.9 Å². The van der Waals surface area contributed by atoms with E-state index >= 15 is 0 Å². The van der Waals surface area contributed by atoms with Crippen LogP contribution in [0.25, 0.3) is 0 Å². The predicted octanol–water partition coefficient (Wildman–Crippen LogP) is 3.88. The lowest BCUT2D eigenvalue weighted by Crippen LogP contribution is -2.42. The molecule has 2 heteroatoms. The number of carbonyl (C=O) groups is 1. The molecule has 21 heavy (non-hydrogen) atoms. The monoisotopic (exact) mass is 287 g/mol. The Balaban J connectivity index is 2.08. The molecule has 1 aromatic carbocycles. The fraction of sp³-hybridized carbons (Fsp3) is 0.632. The second-order valence-electron chi connectivity index (χ2n) is 7.43. The topological polar surface area (TPSA) is 29.1 Å². The molecule has 1 fully saturated rings. The van der Waals surface area contributed by atoms with E-state index < -0.39 is 0 Å². The number of piperidine rings is 1. The SMILES string of the molecule is CCC1(C(=O)Cc2ccc(C(C)(C)C)cc2)CCNCC1. The van der Waals surface area contributed by atoms with Gasteiger partial charge in [0.15, 0.2) is 0 Å². The summed E-state index contributed by atoms with van der Waals surface area (Å²) in [5.41, 5.74) is 2.56. The quantitative estimate of drug-likeness (QED) is 0.910. The Morgan fingerprint density at radius 3 is 2.19 bits per heavy atom. The van der Waals surface area contributed by atoms with E-state index in [2.05, 4.69) is 57.3 Å². The highest BCUT2D eigenvalue weighted by molar-refractivity contribution is 5.87. The Morgan fingerprint density at radius 1 is 1.14 bits per heavy atom.